The molecule has 0 spiro atoms. The van der Waals surface area contributed by atoms with Gasteiger partial charge >= 0.3 is 5.97 Å². The molecule has 0 amide bonds. The Morgan fingerprint density at radius 1 is 1.53 bits per heavy atom. The van der Waals surface area contributed by atoms with Crippen LogP contribution in [0.3, 0.4) is 0 Å². The summed E-state index contributed by atoms with van der Waals surface area (Å²) in [6, 6.07) is 5.96. The summed E-state index contributed by atoms with van der Waals surface area (Å²) in [5.74, 6) is -0.996. The minimum atomic E-state index is -0.996. The number of hydrogen-bond acceptors (Lipinski definition) is 4. The molecule has 0 aliphatic rings. The molecule has 1 heterocycles. The highest BCUT2D eigenvalue weighted by Gasteiger charge is 2.08. The summed E-state index contributed by atoms with van der Waals surface area (Å²) in [7, 11) is 1.94. The molecule has 1 atom stereocenters. The number of carbonyl (C=O) groups is 1. The summed E-state index contributed by atoms with van der Waals surface area (Å²) in [6.45, 7) is 0.829. The van der Waals surface area contributed by atoms with Crippen molar-refractivity contribution in [3.05, 3.63) is 30.1 Å². The predicted octanol–water partition coefficient (Wildman–Crippen LogP) is 0.498. The van der Waals surface area contributed by atoms with Crippen LogP contribution in [0.5, 0.6) is 0 Å². The number of aliphatic hydroxyl groups is 1. The van der Waals surface area contributed by atoms with Crippen LogP contribution in [0.15, 0.2) is 24.5 Å². The first-order valence-corrected chi connectivity index (χ1v) is 6.07. The predicted molar refractivity (Wildman–Crippen MR) is 70.7 cm³/mol. The van der Waals surface area contributed by atoms with Gasteiger partial charge in [-0.3, -0.25) is 4.79 Å². The van der Waals surface area contributed by atoms with E-state index in [0.717, 1.165) is 16.6 Å². The zero-order valence-corrected chi connectivity index (χ0v) is 10.7. The third-order valence-corrected chi connectivity index (χ3v) is 2.91. The molecule has 6 heteroatoms. The second-order valence-electron chi connectivity index (χ2n) is 4.56. The second-order valence-corrected chi connectivity index (χ2v) is 4.56. The van der Waals surface area contributed by atoms with Gasteiger partial charge in [0.1, 0.15) is 0 Å². The normalized spacial score (nSPS) is 12.7. The van der Waals surface area contributed by atoms with Crippen molar-refractivity contribution in [1.82, 2.24) is 14.9 Å². The van der Waals surface area contributed by atoms with Gasteiger partial charge in [-0.1, -0.05) is 6.07 Å². The largest absolute Gasteiger partial charge is 0.481 e. The molecule has 0 radical (unpaired) electrons. The summed E-state index contributed by atoms with van der Waals surface area (Å²) in [4.78, 5) is 14.7. The highest BCUT2D eigenvalue weighted by molar-refractivity contribution is 5.75. The van der Waals surface area contributed by atoms with E-state index in [1.807, 2.05) is 29.8 Å². The van der Waals surface area contributed by atoms with Crippen molar-refractivity contribution >= 4 is 17.0 Å². The fraction of sp³-hybridized carbons (Fsp3) is 0.385. The van der Waals surface area contributed by atoms with E-state index in [1.54, 1.807) is 6.33 Å². The fourth-order valence-corrected chi connectivity index (χ4v) is 1.95. The summed E-state index contributed by atoms with van der Waals surface area (Å²) < 4.78 is 1.95. The highest BCUT2D eigenvalue weighted by Crippen LogP contribution is 2.13. The minimum absolute atomic E-state index is 0.244. The number of nitrogens with one attached hydrogen (secondary N) is 1. The molecule has 0 bridgehead atoms. The van der Waals surface area contributed by atoms with Crippen LogP contribution in [0.4, 0.5) is 0 Å². The third-order valence-electron chi connectivity index (χ3n) is 2.91. The molecule has 0 saturated carbocycles. The van der Waals surface area contributed by atoms with Crippen LogP contribution < -0.4 is 5.32 Å². The summed E-state index contributed by atoms with van der Waals surface area (Å²) >= 11 is 0. The van der Waals surface area contributed by atoms with E-state index < -0.39 is 12.1 Å². The Morgan fingerprint density at radius 3 is 3.05 bits per heavy atom. The standard InChI is InChI=1S/C13H17N3O3/c1-16-8-15-11-4-9(2-3-12(11)16)6-14-7-10(17)5-13(18)19/h2-4,8,10,14,17H,5-7H2,1H3,(H,18,19). The number of imidazole rings is 1. The quantitative estimate of drug-likeness (QED) is 0.706. The van der Waals surface area contributed by atoms with Crippen molar-refractivity contribution in [3.63, 3.8) is 0 Å². The molecule has 1 aromatic carbocycles. The van der Waals surface area contributed by atoms with Crippen LogP contribution in [0.1, 0.15) is 12.0 Å². The number of benzene rings is 1. The maximum absolute atomic E-state index is 10.4. The molecular formula is C13H17N3O3. The van der Waals surface area contributed by atoms with Gasteiger partial charge in [0.25, 0.3) is 0 Å². The highest BCUT2D eigenvalue weighted by atomic mass is 16.4. The molecule has 0 fully saturated rings. The van der Waals surface area contributed by atoms with Crippen LogP contribution in [-0.4, -0.2) is 38.4 Å². The average molecular weight is 263 g/mol. The molecule has 1 unspecified atom stereocenters. The Labute approximate surface area is 110 Å². The van der Waals surface area contributed by atoms with Gasteiger partial charge in [0, 0.05) is 20.1 Å². The van der Waals surface area contributed by atoms with Gasteiger partial charge in [0.15, 0.2) is 0 Å². The van der Waals surface area contributed by atoms with Crippen molar-refractivity contribution in [2.75, 3.05) is 6.54 Å². The number of aryl methyl sites for hydroxylation is 1. The van der Waals surface area contributed by atoms with Crippen molar-refractivity contribution in [2.45, 2.75) is 19.1 Å². The van der Waals surface area contributed by atoms with Gasteiger partial charge in [-0.25, -0.2) is 4.98 Å². The van der Waals surface area contributed by atoms with Gasteiger partial charge < -0.3 is 20.1 Å². The zero-order valence-electron chi connectivity index (χ0n) is 10.7. The molecular weight excluding hydrogens is 246 g/mol. The molecule has 0 saturated heterocycles. The topological polar surface area (TPSA) is 87.4 Å². The maximum Gasteiger partial charge on any atom is 0.306 e. The van der Waals surface area contributed by atoms with Crippen molar-refractivity contribution in [3.8, 4) is 0 Å². The summed E-state index contributed by atoms with van der Waals surface area (Å²) in [6.07, 6.45) is 0.654. The molecule has 0 aliphatic carbocycles. The molecule has 3 N–H and O–H groups in total. The SMILES string of the molecule is Cn1cnc2cc(CNCC(O)CC(=O)O)ccc21. The van der Waals surface area contributed by atoms with Gasteiger partial charge in [-0.05, 0) is 17.7 Å². The molecule has 6 nitrogen and oxygen atoms in total. The lowest BCUT2D eigenvalue weighted by atomic mass is 10.2. The first-order chi connectivity index (χ1) is 9.06. The van der Waals surface area contributed by atoms with Gasteiger partial charge in [0.2, 0.25) is 0 Å². The van der Waals surface area contributed by atoms with Gasteiger partial charge in [-0.15, -0.1) is 0 Å². The number of rotatable bonds is 6. The monoisotopic (exact) mass is 263 g/mol. The third kappa shape index (κ3) is 3.52. The van der Waals surface area contributed by atoms with Crippen LogP contribution in [0.2, 0.25) is 0 Å². The Balaban J connectivity index is 1.89. The van der Waals surface area contributed by atoms with E-state index in [4.69, 9.17) is 5.11 Å². The summed E-state index contributed by atoms with van der Waals surface area (Å²) in [5, 5.41) is 21.0. The molecule has 2 rings (SSSR count). The first-order valence-electron chi connectivity index (χ1n) is 6.07. The average Bonchev–Trinajstić information content (AvgIpc) is 2.70. The Hall–Kier alpha value is -1.92. The van der Waals surface area contributed by atoms with E-state index in [9.17, 15) is 9.90 Å². The molecule has 19 heavy (non-hydrogen) atoms. The van der Waals surface area contributed by atoms with Crippen molar-refractivity contribution in [2.24, 2.45) is 7.05 Å². The number of nitrogens with zero attached hydrogens (tertiary/aromatic N) is 2. The Kier molecular flexibility index (Phi) is 4.13. The van der Waals surface area contributed by atoms with E-state index >= 15 is 0 Å². The Bertz CT molecular complexity index is 580. The van der Waals surface area contributed by atoms with Crippen LogP contribution >= 0.6 is 0 Å². The number of aliphatic hydroxyl groups excluding tert-OH is 1. The number of aromatic nitrogens is 2. The maximum atomic E-state index is 10.4. The zero-order chi connectivity index (χ0) is 13.8. The van der Waals surface area contributed by atoms with E-state index in [0.29, 0.717) is 6.54 Å². The second kappa shape index (κ2) is 5.81. The number of carboxylic acid groups (broad SMARTS) is 1. The van der Waals surface area contributed by atoms with Crippen molar-refractivity contribution < 1.29 is 15.0 Å². The lowest BCUT2D eigenvalue weighted by Crippen LogP contribution is -2.28. The lowest BCUT2D eigenvalue weighted by molar-refractivity contribution is -0.139. The lowest BCUT2D eigenvalue weighted by Gasteiger charge is -2.09. The van der Waals surface area contributed by atoms with Crippen LogP contribution in [0.25, 0.3) is 11.0 Å². The minimum Gasteiger partial charge on any atom is -0.481 e. The number of fused-ring (bicyclic) bond motifs is 1. The molecule has 0 aliphatic heterocycles. The number of aliphatic carboxylic acids is 1. The van der Waals surface area contributed by atoms with E-state index in [2.05, 4.69) is 10.3 Å². The molecule has 2 aromatic rings. The fourth-order valence-electron chi connectivity index (χ4n) is 1.95. The van der Waals surface area contributed by atoms with Crippen molar-refractivity contribution in [1.29, 1.82) is 0 Å². The summed E-state index contributed by atoms with van der Waals surface area (Å²) in [5.41, 5.74) is 3.04. The smallest absolute Gasteiger partial charge is 0.306 e. The number of carboxylic acids is 1. The molecule has 102 valence electrons. The van der Waals surface area contributed by atoms with Crippen LogP contribution in [-0.2, 0) is 18.4 Å². The van der Waals surface area contributed by atoms with Gasteiger partial charge in [0.05, 0.1) is 29.9 Å². The molecule has 1 aromatic heterocycles. The van der Waals surface area contributed by atoms with Crippen LogP contribution in [0, 0.1) is 0 Å². The first kappa shape index (κ1) is 13.5. The van der Waals surface area contributed by atoms with Gasteiger partial charge in [-0.2, -0.15) is 0 Å². The van der Waals surface area contributed by atoms with E-state index in [1.165, 1.54) is 0 Å². The Morgan fingerprint density at radius 2 is 2.32 bits per heavy atom. The van der Waals surface area contributed by atoms with E-state index in [-0.39, 0.29) is 13.0 Å². The number of hydrogen-bond donors (Lipinski definition) is 3.